The van der Waals surface area contributed by atoms with E-state index in [1.165, 1.54) is 5.69 Å². The van der Waals surface area contributed by atoms with Crippen molar-refractivity contribution < 1.29 is 0 Å². The highest BCUT2D eigenvalue weighted by Crippen LogP contribution is 2.45. The maximum absolute atomic E-state index is 12.7. The summed E-state index contributed by atoms with van der Waals surface area (Å²) >= 11 is 0. The van der Waals surface area contributed by atoms with Crippen molar-refractivity contribution in [3.63, 3.8) is 0 Å². The predicted octanol–water partition coefficient (Wildman–Crippen LogP) is 2.71. The summed E-state index contributed by atoms with van der Waals surface area (Å²) in [6.07, 6.45) is 11.0. The first-order chi connectivity index (χ1) is 13.3. The average molecular weight is 359 g/mol. The molecule has 0 bridgehead atoms. The van der Waals surface area contributed by atoms with Crippen LogP contribution in [0, 0.1) is 0 Å². The molecular formula is C21H21N5O. The third-order valence-corrected chi connectivity index (χ3v) is 6.05. The molecule has 1 saturated heterocycles. The Balaban J connectivity index is 1.48. The molecule has 136 valence electrons. The summed E-state index contributed by atoms with van der Waals surface area (Å²) in [4.78, 5) is 31.2. The second-order valence-corrected chi connectivity index (χ2v) is 7.46. The Morgan fingerprint density at radius 1 is 1.00 bits per heavy atom. The van der Waals surface area contributed by atoms with E-state index in [2.05, 4.69) is 32.0 Å². The van der Waals surface area contributed by atoms with Crippen molar-refractivity contribution in [2.45, 2.75) is 31.1 Å². The third-order valence-electron chi connectivity index (χ3n) is 6.05. The van der Waals surface area contributed by atoms with Gasteiger partial charge in [0, 0.05) is 60.1 Å². The molecule has 5 rings (SSSR count). The Bertz CT molecular complexity index is 1010. The fraction of sp³-hybridized carbons (Fsp3) is 0.333. The van der Waals surface area contributed by atoms with E-state index in [0.717, 1.165) is 55.6 Å². The van der Waals surface area contributed by atoms with Gasteiger partial charge >= 0.3 is 0 Å². The minimum atomic E-state index is 0.00675. The number of fused-ring (bicyclic) bond motifs is 2. The number of piperidine rings is 1. The highest BCUT2D eigenvalue weighted by molar-refractivity contribution is 5.54. The third kappa shape index (κ3) is 2.72. The van der Waals surface area contributed by atoms with Crippen LogP contribution in [0.2, 0.25) is 0 Å². The van der Waals surface area contributed by atoms with Crippen molar-refractivity contribution in [2.75, 3.05) is 18.0 Å². The van der Waals surface area contributed by atoms with E-state index in [-0.39, 0.29) is 11.0 Å². The van der Waals surface area contributed by atoms with Crippen molar-refractivity contribution in [1.82, 2.24) is 19.9 Å². The quantitative estimate of drug-likeness (QED) is 0.761. The minimum Gasteiger partial charge on any atom is -0.371 e. The largest absolute Gasteiger partial charge is 0.371 e. The molecule has 3 aromatic heterocycles. The smallest absolute Gasteiger partial charge is 0.254 e. The molecule has 1 N–H and O–H groups in total. The fourth-order valence-electron chi connectivity index (χ4n) is 4.53. The lowest BCUT2D eigenvalue weighted by molar-refractivity contribution is 0.323. The molecule has 2 aliphatic rings. The molecule has 27 heavy (non-hydrogen) atoms. The highest BCUT2D eigenvalue weighted by atomic mass is 16.1. The highest BCUT2D eigenvalue weighted by Gasteiger charge is 2.44. The van der Waals surface area contributed by atoms with E-state index < -0.39 is 0 Å². The summed E-state index contributed by atoms with van der Waals surface area (Å²) < 4.78 is 0. The molecule has 6 nitrogen and oxygen atoms in total. The summed E-state index contributed by atoms with van der Waals surface area (Å²) in [5.74, 6) is 0.629. The van der Waals surface area contributed by atoms with Crippen molar-refractivity contribution in [3.8, 4) is 11.4 Å². The fourth-order valence-corrected chi connectivity index (χ4v) is 4.53. The van der Waals surface area contributed by atoms with E-state index in [4.69, 9.17) is 4.98 Å². The van der Waals surface area contributed by atoms with Gasteiger partial charge in [-0.1, -0.05) is 0 Å². The zero-order valence-electron chi connectivity index (χ0n) is 15.1. The molecule has 0 unspecified atom stereocenters. The maximum Gasteiger partial charge on any atom is 0.254 e. The predicted molar refractivity (Wildman–Crippen MR) is 104 cm³/mol. The number of hydrogen-bond acceptors (Lipinski definition) is 5. The molecule has 0 aromatic carbocycles. The number of nitrogens with zero attached hydrogens (tertiary/aromatic N) is 4. The van der Waals surface area contributed by atoms with Gasteiger partial charge in [0.2, 0.25) is 0 Å². The first kappa shape index (κ1) is 16.2. The van der Waals surface area contributed by atoms with E-state index in [9.17, 15) is 4.79 Å². The van der Waals surface area contributed by atoms with Crippen LogP contribution in [-0.2, 0) is 11.8 Å². The number of rotatable bonds is 2. The number of pyridine rings is 2. The lowest BCUT2D eigenvalue weighted by Gasteiger charge is -2.40. The number of aromatic nitrogens is 4. The molecule has 0 amide bonds. The van der Waals surface area contributed by atoms with Gasteiger partial charge in [-0.3, -0.25) is 14.8 Å². The van der Waals surface area contributed by atoms with Crippen molar-refractivity contribution in [3.05, 3.63) is 70.7 Å². The Morgan fingerprint density at radius 3 is 2.56 bits per heavy atom. The molecular weight excluding hydrogens is 338 g/mol. The summed E-state index contributed by atoms with van der Waals surface area (Å²) in [5.41, 5.74) is 3.98. The number of hydrogen-bond donors (Lipinski definition) is 1. The molecule has 0 atom stereocenters. The van der Waals surface area contributed by atoms with Crippen LogP contribution < -0.4 is 10.5 Å². The van der Waals surface area contributed by atoms with Crippen LogP contribution in [0.15, 0.2) is 53.8 Å². The second kappa shape index (κ2) is 6.30. The van der Waals surface area contributed by atoms with Crippen LogP contribution >= 0.6 is 0 Å². The standard InChI is InChI=1S/C21H21N5O/c27-20-17-3-6-21(7-12-26(13-8-21)16-4-10-22-11-5-16)18(17)24-19(25-20)15-2-1-9-23-14-15/h1-2,4-5,9-11,14H,3,6-8,12-13H2,(H,24,25,27). The van der Waals surface area contributed by atoms with Crippen molar-refractivity contribution in [2.24, 2.45) is 0 Å². The Morgan fingerprint density at radius 2 is 1.81 bits per heavy atom. The first-order valence-electron chi connectivity index (χ1n) is 9.44. The van der Waals surface area contributed by atoms with Gasteiger partial charge in [0.15, 0.2) is 0 Å². The van der Waals surface area contributed by atoms with Crippen LogP contribution in [0.5, 0.6) is 0 Å². The van der Waals surface area contributed by atoms with E-state index in [0.29, 0.717) is 5.82 Å². The summed E-state index contributed by atoms with van der Waals surface area (Å²) in [5, 5.41) is 0. The number of anilines is 1. The van der Waals surface area contributed by atoms with Crippen LogP contribution in [0.3, 0.4) is 0 Å². The Labute approximate surface area is 157 Å². The molecule has 1 spiro atoms. The van der Waals surface area contributed by atoms with Gasteiger partial charge in [-0.05, 0) is 49.9 Å². The zero-order chi connectivity index (χ0) is 18.3. The number of H-pyrrole nitrogens is 1. The first-order valence-corrected chi connectivity index (χ1v) is 9.44. The van der Waals surface area contributed by atoms with Crippen LogP contribution in [0.4, 0.5) is 5.69 Å². The Hall–Kier alpha value is -3.02. The molecule has 1 aliphatic heterocycles. The minimum absolute atomic E-state index is 0.00675. The maximum atomic E-state index is 12.7. The molecule has 1 aliphatic carbocycles. The van der Waals surface area contributed by atoms with Gasteiger partial charge in [-0.2, -0.15) is 0 Å². The molecule has 0 radical (unpaired) electrons. The monoisotopic (exact) mass is 359 g/mol. The molecule has 4 heterocycles. The SMILES string of the molecule is O=c1[nH]c(-c2cccnc2)nc2c1CCC21CCN(c2ccncc2)CC1. The number of nitrogens with one attached hydrogen (secondary N) is 1. The van der Waals surface area contributed by atoms with Gasteiger partial charge in [0.25, 0.3) is 5.56 Å². The summed E-state index contributed by atoms with van der Waals surface area (Å²) in [6.45, 7) is 1.94. The normalized spacial score (nSPS) is 17.9. The molecule has 6 heteroatoms. The molecule has 1 fully saturated rings. The van der Waals surface area contributed by atoms with Crippen LogP contribution in [0.25, 0.3) is 11.4 Å². The Kier molecular flexibility index (Phi) is 3.77. The molecule has 3 aromatic rings. The van der Waals surface area contributed by atoms with Gasteiger partial charge in [0.1, 0.15) is 5.82 Å². The van der Waals surface area contributed by atoms with E-state index >= 15 is 0 Å². The van der Waals surface area contributed by atoms with Crippen LogP contribution in [0.1, 0.15) is 30.5 Å². The van der Waals surface area contributed by atoms with E-state index in [1.54, 1.807) is 12.4 Å². The van der Waals surface area contributed by atoms with Crippen molar-refractivity contribution >= 4 is 5.69 Å². The summed E-state index contributed by atoms with van der Waals surface area (Å²) in [6, 6.07) is 7.92. The van der Waals surface area contributed by atoms with Crippen molar-refractivity contribution in [1.29, 1.82) is 0 Å². The summed E-state index contributed by atoms with van der Waals surface area (Å²) in [7, 11) is 0. The van der Waals surface area contributed by atoms with E-state index in [1.807, 2.05) is 24.5 Å². The lowest BCUT2D eigenvalue weighted by atomic mass is 9.76. The topological polar surface area (TPSA) is 74.8 Å². The number of aromatic amines is 1. The molecule has 0 saturated carbocycles. The second-order valence-electron chi connectivity index (χ2n) is 7.46. The van der Waals surface area contributed by atoms with Gasteiger partial charge in [-0.25, -0.2) is 4.98 Å². The van der Waals surface area contributed by atoms with Crippen LogP contribution in [-0.4, -0.2) is 33.0 Å². The average Bonchev–Trinajstić information content (AvgIpc) is 3.08. The van der Waals surface area contributed by atoms with Gasteiger partial charge in [-0.15, -0.1) is 0 Å². The van der Waals surface area contributed by atoms with Gasteiger partial charge in [0.05, 0.1) is 5.69 Å². The zero-order valence-corrected chi connectivity index (χ0v) is 15.1. The lowest BCUT2D eigenvalue weighted by Crippen LogP contribution is -2.42. The van der Waals surface area contributed by atoms with Gasteiger partial charge < -0.3 is 9.88 Å².